The van der Waals surface area contributed by atoms with E-state index >= 15 is 0 Å². The number of aliphatic hydroxyl groups is 2. The first kappa shape index (κ1) is 12.1. The number of hydrogen-bond donors (Lipinski definition) is 3. The van der Waals surface area contributed by atoms with E-state index in [0.717, 1.165) is 5.57 Å². The van der Waals surface area contributed by atoms with Crippen LogP contribution in [0.3, 0.4) is 0 Å². The van der Waals surface area contributed by atoms with E-state index in [1.54, 1.807) is 0 Å². The molecule has 0 aliphatic rings. The molecule has 0 aromatic carbocycles. The highest BCUT2D eigenvalue weighted by molar-refractivity contribution is 5.67. The van der Waals surface area contributed by atoms with E-state index in [2.05, 4.69) is 0 Å². The van der Waals surface area contributed by atoms with Crippen LogP contribution in [0, 0.1) is 0 Å². The molecule has 0 aliphatic carbocycles. The van der Waals surface area contributed by atoms with Crippen LogP contribution in [0.1, 0.15) is 33.1 Å². The Morgan fingerprint density at radius 3 is 2.31 bits per heavy atom. The second-order valence-electron chi connectivity index (χ2n) is 3.37. The molecular weight excluding hydrogens is 172 g/mol. The van der Waals surface area contributed by atoms with E-state index in [1.807, 2.05) is 19.9 Å². The van der Waals surface area contributed by atoms with Crippen molar-refractivity contribution >= 4 is 5.97 Å². The molecule has 0 radical (unpaired) electrons. The first-order chi connectivity index (χ1) is 5.83. The van der Waals surface area contributed by atoms with Gasteiger partial charge in [-0.2, -0.15) is 0 Å². The van der Waals surface area contributed by atoms with E-state index in [9.17, 15) is 4.79 Å². The maximum Gasteiger partial charge on any atom is 0.308 e. The van der Waals surface area contributed by atoms with Crippen LogP contribution in [0.15, 0.2) is 11.6 Å². The molecule has 0 heterocycles. The molecule has 4 heteroatoms. The summed E-state index contributed by atoms with van der Waals surface area (Å²) in [6.07, 6.45) is 1.72. The standard InChI is InChI=1S/C9H16O4/c1-7(2)4-3-5-9(12,13)6-8(10)11/h4,12-13H,3,5-6H2,1-2H3,(H,10,11). The molecular formula is C9H16O4. The quantitative estimate of drug-likeness (QED) is 0.442. The van der Waals surface area contributed by atoms with E-state index in [1.165, 1.54) is 0 Å². The Morgan fingerprint density at radius 1 is 1.38 bits per heavy atom. The molecule has 0 saturated carbocycles. The van der Waals surface area contributed by atoms with Gasteiger partial charge in [0.2, 0.25) is 0 Å². The molecule has 76 valence electrons. The predicted octanol–water partition coefficient (Wildman–Crippen LogP) is 0.888. The summed E-state index contributed by atoms with van der Waals surface area (Å²) in [5.74, 6) is -3.29. The fourth-order valence-corrected chi connectivity index (χ4v) is 0.923. The maximum absolute atomic E-state index is 10.2. The fraction of sp³-hybridized carbons (Fsp3) is 0.667. The Labute approximate surface area is 77.5 Å². The molecule has 0 aromatic heterocycles. The Morgan fingerprint density at radius 2 is 1.92 bits per heavy atom. The van der Waals surface area contributed by atoms with Gasteiger partial charge in [0.05, 0.1) is 6.42 Å². The molecule has 0 bridgehead atoms. The van der Waals surface area contributed by atoms with Gasteiger partial charge in [0.25, 0.3) is 0 Å². The van der Waals surface area contributed by atoms with Crippen molar-refractivity contribution in [1.82, 2.24) is 0 Å². The Hall–Kier alpha value is -0.870. The third-order valence-corrected chi connectivity index (χ3v) is 1.53. The van der Waals surface area contributed by atoms with Crippen LogP contribution in [0.5, 0.6) is 0 Å². The van der Waals surface area contributed by atoms with Crippen LogP contribution < -0.4 is 0 Å². The number of rotatable bonds is 5. The molecule has 0 saturated heterocycles. The largest absolute Gasteiger partial charge is 0.481 e. The monoisotopic (exact) mass is 188 g/mol. The van der Waals surface area contributed by atoms with Crippen molar-refractivity contribution in [3.8, 4) is 0 Å². The minimum Gasteiger partial charge on any atom is -0.481 e. The highest BCUT2D eigenvalue weighted by Gasteiger charge is 2.25. The summed E-state index contributed by atoms with van der Waals surface area (Å²) in [5.41, 5.74) is 1.08. The number of hydrogen-bond acceptors (Lipinski definition) is 3. The number of carbonyl (C=O) groups is 1. The summed E-state index contributed by atoms with van der Waals surface area (Å²) < 4.78 is 0. The molecule has 3 N–H and O–H groups in total. The van der Waals surface area contributed by atoms with Crippen molar-refractivity contribution in [3.05, 3.63) is 11.6 Å². The van der Waals surface area contributed by atoms with Crippen molar-refractivity contribution in [2.24, 2.45) is 0 Å². The topological polar surface area (TPSA) is 77.8 Å². The SMILES string of the molecule is CC(C)=CCCC(O)(O)CC(=O)O. The molecule has 0 fully saturated rings. The number of aliphatic carboxylic acids is 1. The molecule has 0 spiro atoms. The Balaban J connectivity index is 3.89. The molecule has 13 heavy (non-hydrogen) atoms. The summed E-state index contributed by atoms with van der Waals surface area (Å²) in [6.45, 7) is 3.79. The zero-order valence-corrected chi connectivity index (χ0v) is 7.95. The van der Waals surface area contributed by atoms with Crippen molar-refractivity contribution in [2.75, 3.05) is 0 Å². The molecule has 0 unspecified atom stereocenters. The van der Waals surface area contributed by atoms with E-state index in [0.29, 0.717) is 6.42 Å². The molecule has 0 aliphatic heterocycles. The molecule has 0 aromatic rings. The van der Waals surface area contributed by atoms with Gasteiger partial charge in [-0.3, -0.25) is 4.79 Å². The summed E-state index contributed by atoms with van der Waals surface area (Å²) in [4.78, 5) is 10.2. The minimum atomic E-state index is -2.09. The van der Waals surface area contributed by atoms with Gasteiger partial charge in [-0.05, 0) is 20.3 Å². The minimum absolute atomic E-state index is 0.0461. The zero-order chi connectivity index (χ0) is 10.5. The van der Waals surface area contributed by atoms with Crippen LogP contribution >= 0.6 is 0 Å². The summed E-state index contributed by atoms with van der Waals surface area (Å²) in [5, 5.41) is 26.6. The van der Waals surface area contributed by atoms with Crippen LogP contribution in [0.25, 0.3) is 0 Å². The van der Waals surface area contributed by atoms with Gasteiger partial charge in [0.15, 0.2) is 5.79 Å². The van der Waals surface area contributed by atoms with Crippen LogP contribution in [-0.2, 0) is 4.79 Å². The normalized spacial score (nSPS) is 11.1. The van der Waals surface area contributed by atoms with Crippen molar-refractivity contribution in [1.29, 1.82) is 0 Å². The molecule has 4 nitrogen and oxygen atoms in total. The van der Waals surface area contributed by atoms with Gasteiger partial charge < -0.3 is 15.3 Å². The van der Waals surface area contributed by atoms with E-state index in [-0.39, 0.29) is 6.42 Å². The molecule has 0 rings (SSSR count). The molecule has 0 amide bonds. The van der Waals surface area contributed by atoms with Gasteiger partial charge in [-0.15, -0.1) is 0 Å². The smallest absolute Gasteiger partial charge is 0.308 e. The van der Waals surface area contributed by atoms with Gasteiger partial charge in [0, 0.05) is 6.42 Å². The number of carboxylic acids is 1. The van der Waals surface area contributed by atoms with Crippen molar-refractivity contribution in [3.63, 3.8) is 0 Å². The third kappa shape index (κ3) is 7.49. The van der Waals surface area contributed by atoms with Gasteiger partial charge in [-0.1, -0.05) is 11.6 Å². The lowest BCUT2D eigenvalue weighted by molar-refractivity contribution is -0.183. The van der Waals surface area contributed by atoms with E-state index < -0.39 is 18.2 Å². The second-order valence-corrected chi connectivity index (χ2v) is 3.37. The summed E-state index contributed by atoms with van der Waals surface area (Å²) >= 11 is 0. The Bertz CT molecular complexity index is 202. The van der Waals surface area contributed by atoms with Gasteiger partial charge >= 0.3 is 5.97 Å². The van der Waals surface area contributed by atoms with E-state index in [4.69, 9.17) is 15.3 Å². The summed E-state index contributed by atoms with van der Waals surface area (Å²) in [6, 6.07) is 0. The average Bonchev–Trinajstić information content (AvgIpc) is 1.81. The number of allylic oxidation sites excluding steroid dienone is 2. The predicted molar refractivity (Wildman–Crippen MR) is 48.1 cm³/mol. The van der Waals surface area contributed by atoms with Gasteiger partial charge in [0.1, 0.15) is 0 Å². The lowest BCUT2D eigenvalue weighted by atomic mass is 10.1. The summed E-state index contributed by atoms with van der Waals surface area (Å²) in [7, 11) is 0. The average molecular weight is 188 g/mol. The third-order valence-electron chi connectivity index (χ3n) is 1.53. The lowest BCUT2D eigenvalue weighted by Crippen LogP contribution is -2.30. The number of carboxylic acid groups (broad SMARTS) is 1. The van der Waals surface area contributed by atoms with Gasteiger partial charge in [-0.25, -0.2) is 0 Å². The highest BCUT2D eigenvalue weighted by Crippen LogP contribution is 2.14. The maximum atomic E-state index is 10.2. The highest BCUT2D eigenvalue weighted by atomic mass is 16.5. The fourth-order valence-electron chi connectivity index (χ4n) is 0.923. The lowest BCUT2D eigenvalue weighted by Gasteiger charge is -2.18. The van der Waals surface area contributed by atoms with Crippen LogP contribution in [0.2, 0.25) is 0 Å². The van der Waals surface area contributed by atoms with Crippen LogP contribution in [0.4, 0.5) is 0 Å². The zero-order valence-electron chi connectivity index (χ0n) is 7.95. The Kier molecular flexibility index (Phi) is 4.66. The first-order valence-electron chi connectivity index (χ1n) is 4.13. The first-order valence-corrected chi connectivity index (χ1v) is 4.13. The second kappa shape index (κ2) is 4.99. The van der Waals surface area contributed by atoms with Crippen molar-refractivity contribution in [2.45, 2.75) is 38.9 Å². The molecule has 0 atom stereocenters. The van der Waals surface area contributed by atoms with Crippen molar-refractivity contribution < 1.29 is 20.1 Å². The van der Waals surface area contributed by atoms with Crippen LogP contribution in [-0.4, -0.2) is 27.1 Å².